The standard InChI is InChI=1S/C14H12BrNO3S/c1-9(19-14(18)12-3-2-8-20-12)13(17)16-11-6-4-10(15)5-7-11/h2-9H,1H3,(H,16,17)/t9-/m1/s1. The summed E-state index contributed by atoms with van der Waals surface area (Å²) in [6.07, 6.45) is -0.853. The SMILES string of the molecule is C[C@@H](OC(=O)c1cccs1)C(=O)Nc1ccc(Br)cc1. The predicted molar refractivity (Wildman–Crippen MR) is 82.0 cm³/mol. The van der Waals surface area contributed by atoms with Crippen molar-refractivity contribution in [2.24, 2.45) is 0 Å². The van der Waals surface area contributed by atoms with E-state index in [1.54, 1.807) is 36.6 Å². The van der Waals surface area contributed by atoms with Gasteiger partial charge in [0.05, 0.1) is 0 Å². The topological polar surface area (TPSA) is 55.4 Å². The zero-order valence-corrected chi connectivity index (χ0v) is 13.0. The molecule has 0 aliphatic rings. The first-order valence-electron chi connectivity index (χ1n) is 5.87. The largest absolute Gasteiger partial charge is 0.448 e. The third kappa shape index (κ3) is 3.91. The van der Waals surface area contributed by atoms with Crippen LogP contribution in [0.3, 0.4) is 0 Å². The second kappa shape index (κ2) is 6.67. The summed E-state index contributed by atoms with van der Waals surface area (Å²) in [7, 11) is 0. The summed E-state index contributed by atoms with van der Waals surface area (Å²) >= 11 is 4.59. The van der Waals surface area contributed by atoms with Gasteiger partial charge in [0.25, 0.3) is 5.91 Å². The number of amides is 1. The molecule has 1 amide bonds. The lowest BCUT2D eigenvalue weighted by Gasteiger charge is -2.13. The number of benzene rings is 1. The van der Waals surface area contributed by atoms with Gasteiger partial charge < -0.3 is 10.1 Å². The zero-order valence-electron chi connectivity index (χ0n) is 10.6. The molecule has 2 aromatic rings. The van der Waals surface area contributed by atoms with E-state index in [-0.39, 0.29) is 5.91 Å². The lowest BCUT2D eigenvalue weighted by molar-refractivity contribution is -0.123. The monoisotopic (exact) mass is 353 g/mol. The van der Waals surface area contributed by atoms with E-state index in [0.717, 1.165) is 4.47 Å². The van der Waals surface area contributed by atoms with E-state index < -0.39 is 12.1 Å². The first kappa shape index (κ1) is 14.7. The highest BCUT2D eigenvalue weighted by Gasteiger charge is 2.19. The number of carbonyl (C=O) groups excluding carboxylic acids is 2. The molecular formula is C14H12BrNO3S. The van der Waals surface area contributed by atoms with Crippen molar-refractivity contribution in [3.8, 4) is 0 Å². The molecule has 2 rings (SSSR count). The van der Waals surface area contributed by atoms with Gasteiger partial charge in [-0.3, -0.25) is 4.79 Å². The van der Waals surface area contributed by atoms with E-state index >= 15 is 0 Å². The van der Waals surface area contributed by atoms with Gasteiger partial charge in [0.2, 0.25) is 0 Å². The Bertz CT molecular complexity index is 595. The Labute approximate surface area is 128 Å². The zero-order chi connectivity index (χ0) is 14.5. The second-order valence-electron chi connectivity index (χ2n) is 4.02. The number of anilines is 1. The van der Waals surface area contributed by atoms with Gasteiger partial charge >= 0.3 is 5.97 Å². The van der Waals surface area contributed by atoms with E-state index in [9.17, 15) is 9.59 Å². The van der Waals surface area contributed by atoms with Gasteiger partial charge in [-0.05, 0) is 42.6 Å². The number of ether oxygens (including phenoxy) is 1. The highest BCUT2D eigenvalue weighted by atomic mass is 79.9. The Balaban J connectivity index is 1.92. The number of halogens is 1. The lowest BCUT2D eigenvalue weighted by atomic mass is 10.3. The molecule has 6 heteroatoms. The van der Waals surface area contributed by atoms with Crippen LogP contribution in [0.25, 0.3) is 0 Å². The molecular weight excluding hydrogens is 342 g/mol. The van der Waals surface area contributed by atoms with Crippen molar-refractivity contribution in [1.82, 2.24) is 0 Å². The van der Waals surface area contributed by atoms with E-state index in [4.69, 9.17) is 4.74 Å². The van der Waals surface area contributed by atoms with Crippen molar-refractivity contribution in [3.63, 3.8) is 0 Å². The average Bonchev–Trinajstić information content (AvgIpc) is 2.95. The van der Waals surface area contributed by atoms with Crippen LogP contribution in [-0.4, -0.2) is 18.0 Å². The van der Waals surface area contributed by atoms with Gasteiger partial charge in [-0.15, -0.1) is 11.3 Å². The maximum atomic E-state index is 11.9. The van der Waals surface area contributed by atoms with Gasteiger partial charge in [0, 0.05) is 10.2 Å². The molecule has 1 aromatic carbocycles. The van der Waals surface area contributed by atoms with E-state index in [1.807, 2.05) is 12.1 Å². The number of nitrogens with one attached hydrogen (secondary N) is 1. The fourth-order valence-electron chi connectivity index (χ4n) is 1.44. The molecule has 0 aliphatic heterocycles. The summed E-state index contributed by atoms with van der Waals surface area (Å²) in [5, 5.41) is 4.47. The van der Waals surface area contributed by atoms with Gasteiger partial charge in [0.15, 0.2) is 6.10 Å². The molecule has 0 saturated heterocycles. The fraction of sp³-hybridized carbons (Fsp3) is 0.143. The van der Waals surface area contributed by atoms with Crippen molar-refractivity contribution in [2.45, 2.75) is 13.0 Å². The van der Waals surface area contributed by atoms with Crippen LogP contribution < -0.4 is 5.32 Å². The molecule has 1 heterocycles. The van der Waals surface area contributed by atoms with Gasteiger partial charge in [-0.2, -0.15) is 0 Å². The normalized spacial score (nSPS) is 11.7. The molecule has 0 fully saturated rings. The summed E-state index contributed by atoms with van der Waals surface area (Å²) in [4.78, 5) is 24.1. The van der Waals surface area contributed by atoms with Crippen molar-refractivity contribution in [1.29, 1.82) is 0 Å². The molecule has 0 saturated carbocycles. The smallest absolute Gasteiger partial charge is 0.349 e. The molecule has 0 unspecified atom stereocenters. The third-order valence-corrected chi connectivity index (χ3v) is 3.87. The molecule has 1 aromatic heterocycles. The molecule has 0 bridgehead atoms. The number of hydrogen-bond donors (Lipinski definition) is 1. The van der Waals surface area contributed by atoms with Gasteiger partial charge in [-0.25, -0.2) is 4.79 Å². The van der Waals surface area contributed by atoms with Crippen LogP contribution in [0, 0.1) is 0 Å². The van der Waals surface area contributed by atoms with Crippen molar-refractivity contribution in [3.05, 3.63) is 51.1 Å². The fourth-order valence-corrected chi connectivity index (χ4v) is 2.31. The quantitative estimate of drug-likeness (QED) is 0.852. The Hall–Kier alpha value is -1.66. The van der Waals surface area contributed by atoms with Crippen molar-refractivity contribution >= 4 is 44.8 Å². The number of thiophene rings is 1. The lowest BCUT2D eigenvalue weighted by Crippen LogP contribution is -2.29. The summed E-state index contributed by atoms with van der Waals surface area (Å²) in [6.45, 7) is 1.54. The Morgan fingerprint density at radius 3 is 2.55 bits per heavy atom. The predicted octanol–water partition coefficient (Wildman–Crippen LogP) is 3.69. The van der Waals surface area contributed by atoms with Crippen LogP contribution in [0.15, 0.2) is 46.3 Å². The highest BCUT2D eigenvalue weighted by Crippen LogP contribution is 2.15. The molecule has 0 aliphatic carbocycles. The van der Waals surface area contributed by atoms with Crippen molar-refractivity contribution in [2.75, 3.05) is 5.32 Å². The minimum absolute atomic E-state index is 0.364. The highest BCUT2D eigenvalue weighted by molar-refractivity contribution is 9.10. The summed E-state index contributed by atoms with van der Waals surface area (Å²) in [6, 6.07) is 10.6. The molecule has 0 radical (unpaired) electrons. The van der Waals surface area contributed by atoms with Crippen LogP contribution in [0.1, 0.15) is 16.6 Å². The Kier molecular flexibility index (Phi) is 4.92. The minimum Gasteiger partial charge on any atom is -0.448 e. The summed E-state index contributed by atoms with van der Waals surface area (Å²) in [5.41, 5.74) is 0.650. The number of carbonyl (C=O) groups is 2. The third-order valence-electron chi connectivity index (χ3n) is 2.49. The van der Waals surface area contributed by atoms with Crippen LogP contribution in [0.4, 0.5) is 5.69 Å². The van der Waals surface area contributed by atoms with Crippen LogP contribution in [0.2, 0.25) is 0 Å². The van der Waals surface area contributed by atoms with E-state index in [1.165, 1.54) is 11.3 Å². The number of hydrogen-bond acceptors (Lipinski definition) is 4. The molecule has 104 valence electrons. The van der Waals surface area contributed by atoms with Crippen LogP contribution in [0.5, 0.6) is 0 Å². The Morgan fingerprint density at radius 1 is 1.25 bits per heavy atom. The molecule has 4 nitrogen and oxygen atoms in total. The van der Waals surface area contributed by atoms with Gasteiger partial charge in [0.1, 0.15) is 4.88 Å². The number of rotatable bonds is 4. The summed E-state index contributed by atoms with van der Waals surface area (Å²) in [5.74, 6) is -0.851. The number of esters is 1. The van der Waals surface area contributed by atoms with E-state index in [0.29, 0.717) is 10.6 Å². The first-order valence-corrected chi connectivity index (χ1v) is 7.54. The second-order valence-corrected chi connectivity index (χ2v) is 5.88. The summed E-state index contributed by atoms with van der Waals surface area (Å²) < 4.78 is 6.03. The van der Waals surface area contributed by atoms with Crippen molar-refractivity contribution < 1.29 is 14.3 Å². The minimum atomic E-state index is -0.853. The molecule has 1 atom stereocenters. The van der Waals surface area contributed by atoms with E-state index in [2.05, 4.69) is 21.2 Å². The van der Waals surface area contributed by atoms with Crippen LogP contribution in [-0.2, 0) is 9.53 Å². The van der Waals surface area contributed by atoms with Crippen LogP contribution >= 0.6 is 27.3 Å². The Morgan fingerprint density at radius 2 is 1.95 bits per heavy atom. The maximum absolute atomic E-state index is 11.9. The average molecular weight is 354 g/mol. The molecule has 1 N–H and O–H groups in total. The molecule has 0 spiro atoms. The maximum Gasteiger partial charge on any atom is 0.349 e. The molecule has 20 heavy (non-hydrogen) atoms. The first-order chi connectivity index (χ1) is 9.56. The van der Waals surface area contributed by atoms with Gasteiger partial charge in [-0.1, -0.05) is 22.0 Å².